The summed E-state index contributed by atoms with van der Waals surface area (Å²) in [6.45, 7) is 14.1. The second kappa shape index (κ2) is 4.45. The number of rotatable bonds is 4. The van der Waals surface area contributed by atoms with Gasteiger partial charge in [-0.15, -0.1) is 8.58 Å². The molecule has 0 aromatic rings. The van der Waals surface area contributed by atoms with Gasteiger partial charge in [0, 0.05) is 0 Å². The fourth-order valence-electron chi connectivity index (χ4n) is 1.25. The van der Waals surface area contributed by atoms with Crippen LogP contribution >= 0.6 is 8.58 Å². The molecule has 11 heavy (non-hydrogen) atoms. The molecule has 0 aromatic carbocycles. The highest BCUT2D eigenvalue weighted by molar-refractivity contribution is 7.37. The topological polar surface area (TPSA) is 0 Å². The van der Waals surface area contributed by atoms with E-state index >= 15 is 0 Å². The average molecular weight is 174 g/mol. The molecule has 1 heteroatoms. The fourth-order valence-corrected chi connectivity index (χ4v) is 2.20. The molecule has 0 rings (SSSR count). The van der Waals surface area contributed by atoms with Crippen LogP contribution in [-0.4, -0.2) is 12.3 Å². The summed E-state index contributed by atoms with van der Waals surface area (Å²) in [5.74, 6) is 0.857. The lowest BCUT2D eigenvalue weighted by Crippen LogP contribution is -2.27. The fraction of sp³-hybridized carbons (Fsp3) is 1.00. The second-order valence-corrected chi connectivity index (χ2v) is 5.70. The third-order valence-corrected chi connectivity index (χ3v) is 4.76. The van der Waals surface area contributed by atoms with E-state index in [1.54, 1.807) is 0 Å². The Bertz CT molecular complexity index is 107. The second-order valence-electron chi connectivity index (χ2n) is 4.21. The summed E-state index contributed by atoms with van der Waals surface area (Å²) in [5, 5.41) is 0. The van der Waals surface area contributed by atoms with E-state index in [1.165, 1.54) is 6.42 Å². The van der Waals surface area contributed by atoms with Gasteiger partial charge in [0.15, 0.2) is 0 Å². The molecule has 0 amide bonds. The molecule has 0 heterocycles. The zero-order valence-corrected chi connectivity index (χ0v) is 9.86. The molecule has 68 valence electrons. The highest BCUT2D eigenvalue weighted by Crippen LogP contribution is 2.37. The van der Waals surface area contributed by atoms with Crippen LogP contribution in [0.3, 0.4) is 0 Å². The largest absolute Gasteiger partial charge is 0.122 e. The molecule has 3 atom stereocenters. The molecule has 0 nitrogen and oxygen atoms in total. The van der Waals surface area contributed by atoms with Crippen LogP contribution in [-0.2, 0) is 0 Å². The zero-order chi connectivity index (χ0) is 9.07. The standard InChI is InChI=1S/C10H23P/c1-7-10(4,5)8(2)9(3)11-6/h8-9,11H,7H2,1-6H3. The smallest absolute Gasteiger partial charge is 0.0237 e. The third kappa shape index (κ3) is 3.11. The molecule has 0 saturated carbocycles. The molecule has 0 radical (unpaired) electrons. The summed E-state index contributed by atoms with van der Waals surface area (Å²) in [6.07, 6.45) is 1.29. The highest BCUT2D eigenvalue weighted by atomic mass is 31.1. The van der Waals surface area contributed by atoms with Gasteiger partial charge in [-0.3, -0.25) is 0 Å². The summed E-state index contributed by atoms with van der Waals surface area (Å²) in [5.41, 5.74) is 1.42. The van der Waals surface area contributed by atoms with Gasteiger partial charge in [-0.25, -0.2) is 0 Å². The quantitative estimate of drug-likeness (QED) is 0.569. The van der Waals surface area contributed by atoms with Gasteiger partial charge in [-0.1, -0.05) is 41.0 Å². The van der Waals surface area contributed by atoms with Gasteiger partial charge < -0.3 is 0 Å². The van der Waals surface area contributed by atoms with Crippen LogP contribution in [0.2, 0.25) is 0 Å². The zero-order valence-electron chi connectivity index (χ0n) is 8.86. The first-order valence-electron chi connectivity index (χ1n) is 4.63. The molecule has 0 fully saturated rings. The molecular weight excluding hydrogens is 151 g/mol. The summed E-state index contributed by atoms with van der Waals surface area (Å²) in [4.78, 5) is 0. The van der Waals surface area contributed by atoms with Crippen molar-refractivity contribution in [1.82, 2.24) is 0 Å². The monoisotopic (exact) mass is 174 g/mol. The Kier molecular flexibility index (Phi) is 4.63. The first kappa shape index (κ1) is 11.4. The summed E-state index contributed by atoms with van der Waals surface area (Å²) < 4.78 is 0. The Balaban J connectivity index is 4.10. The van der Waals surface area contributed by atoms with E-state index in [0.29, 0.717) is 5.41 Å². The minimum atomic E-state index is 0.530. The van der Waals surface area contributed by atoms with Crippen LogP contribution < -0.4 is 0 Å². The van der Waals surface area contributed by atoms with E-state index in [2.05, 4.69) is 41.3 Å². The lowest BCUT2D eigenvalue weighted by atomic mass is 9.76. The Labute approximate surface area is 73.9 Å². The maximum Gasteiger partial charge on any atom is -0.0237 e. The average Bonchev–Trinajstić information content (AvgIpc) is 2.01. The molecule has 0 saturated heterocycles. The van der Waals surface area contributed by atoms with Crippen molar-refractivity contribution in [3.8, 4) is 0 Å². The van der Waals surface area contributed by atoms with Crippen molar-refractivity contribution in [3.05, 3.63) is 0 Å². The molecule has 0 aliphatic heterocycles. The molecule has 0 N–H and O–H groups in total. The lowest BCUT2D eigenvalue weighted by molar-refractivity contribution is 0.220. The van der Waals surface area contributed by atoms with Gasteiger partial charge in [0.05, 0.1) is 0 Å². The Morgan fingerprint density at radius 2 is 1.73 bits per heavy atom. The molecule has 0 aliphatic carbocycles. The van der Waals surface area contributed by atoms with Crippen molar-refractivity contribution in [2.24, 2.45) is 11.3 Å². The van der Waals surface area contributed by atoms with Crippen LogP contribution in [0.4, 0.5) is 0 Å². The normalized spacial score (nSPS) is 19.1. The van der Waals surface area contributed by atoms with Gasteiger partial charge in [-0.05, 0) is 23.7 Å². The van der Waals surface area contributed by atoms with E-state index in [-0.39, 0.29) is 0 Å². The van der Waals surface area contributed by atoms with Crippen molar-refractivity contribution in [2.75, 3.05) is 6.66 Å². The number of hydrogen-bond donors (Lipinski definition) is 0. The minimum Gasteiger partial charge on any atom is -0.122 e. The van der Waals surface area contributed by atoms with Crippen LogP contribution in [0.25, 0.3) is 0 Å². The van der Waals surface area contributed by atoms with Gasteiger partial charge in [-0.2, -0.15) is 0 Å². The van der Waals surface area contributed by atoms with Crippen LogP contribution in [0.15, 0.2) is 0 Å². The van der Waals surface area contributed by atoms with E-state index in [9.17, 15) is 0 Å². The van der Waals surface area contributed by atoms with E-state index < -0.39 is 0 Å². The maximum absolute atomic E-state index is 2.39. The number of hydrogen-bond acceptors (Lipinski definition) is 0. The predicted molar refractivity (Wildman–Crippen MR) is 56.9 cm³/mol. The van der Waals surface area contributed by atoms with Gasteiger partial charge in [0.1, 0.15) is 0 Å². The van der Waals surface area contributed by atoms with Crippen molar-refractivity contribution in [2.45, 2.75) is 46.7 Å². The van der Waals surface area contributed by atoms with Crippen molar-refractivity contribution < 1.29 is 0 Å². The Morgan fingerprint density at radius 1 is 1.27 bits per heavy atom. The van der Waals surface area contributed by atoms with Crippen molar-refractivity contribution >= 4 is 8.58 Å². The third-order valence-electron chi connectivity index (χ3n) is 3.35. The van der Waals surface area contributed by atoms with E-state index in [4.69, 9.17) is 0 Å². The van der Waals surface area contributed by atoms with E-state index in [1.807, 2.05) is 0 Å². The summed E-state index contributed by atoms with van der Waals surface area (Å²) >= 11 is 0. The molecule has 3 unspecified atom stereocenters. The van der Waals surface area contributed by atoms with Gasteiger partial charge in [0.2, 0.25) is 0 Å². The SMILES string of the molecule is CCC(C)(C)C(C)C(C)PC. The Morgan fingerprint density at radius 3 is 2.00 bits per heavy atom. The molecule has 0 aromatic heterocycles. The molecule has 0 bridgehead atoms. The van der Waals surface area contributed by atoms with Crippen LogP contribution in [0.5, 0.6) is 0 Å². The summed E-state index contributed by atoms with van der Waals surface area (Å²) in [6, 6.07) is 0. The van der Waals surface area contributed by atoms with Gasteiger partial charge >= 0.3 is 0 Å². The molecule has 0 spiro atoms. The van der Waals surface area contributed by atoms with Crippen LogP contribution in [0.1, 0.15) is 41.0 Å². The first-order chi connectivity index (χ1) is 4.95. The molecular formula is C10H23P. The van der Waals surface area contributed by atoms with Crippen molar-refractivity contribution in [1.29, 1.82) is 0 Å². The van der Waals surface area contributed by atoms with Crippen LogP contribution in [0, 0.1) is 11.3 Å². The van der Waals surface area contributed by atoms with Gasteiger partial charge in [0.25, 0.3) is 0 Å². The lowest BCUT2D eigenvalue weighted by Gasteiger charge is -2.34. The first-order valence-corrected chi connectivity index (χ1v) is 6.20. The summed E-state index contributed by atoms with van der Waals surface area (Å²) in [7, 11) is 1.09. The Hall–Kier alpha value is 0.430. The highest BCUT2D eigenvalue weighted by Gasteiger charge is 2.26. The minimum absolute atomic E-state index is 0.530. The predicted octanol–water partition coefficient (Wildman–Crippen LogP) is 3.76. The maximum atomic E-state index is 2.39. The van der Waals surface area contributed by atoms with Crippen molar-refractivity contribution in [3.63, 3.8) is 0 Å². The molecule has 0 aliphatic rings. The van der Waals surface area contributed by atoms with E-state index in [0.717, 1.165) is 20.2 Å².